The maximum absolute atomic E-state index is 11.5. The minimum Gasteiger partial charge on any atom is -0.373 e. The van der Waals surface area contributed by atoms with E-state index < -0.39 is 0 Å². The summed E-state index contributed by atoms with van der Waals surface area (Å²) in [6.45, 7) is 4.91. The molecule has 0 aliphatic heterocycles. The zero-order valence-corrected chi connectivity index (χ0v) is 9.74. The molecule has 0 fully saturated rings. The van der Waals surface area contributed by atoms with Crippen LogP contribution in [0.5, 0.6) is 0 Å². The molecule has 0 aliphatic carbocycles. The number of hydrogen-bond acceptors (Lipinski definition) is 3. The lowest BCUT2D eigenvalue weighted by Gasteiger charge is -2.14. The molecule has 5 heteroatoms. The van der Waals surface area contributed by atoms with E-state index in [0.717, 1.165) is 17.9 Å². The van der Waals surface area contributed by atoms with Crippen molar-refractivity contribution in [1.29, 1.82) is 0 Å². The molecular weight excluding hydrogens is 192 g/mol. The summed E-state index contributed by atoms with van der Waals surface area (Å²) in [5.41, 5.74) is 1.82. The smallest absolute Gasteiger partial charge is 0.241 e. The number of likely N-dealkylation sites (N-methyl/N-ethyl adjacent to an activating group) is 1. The van der Waals surface area contributed by atoms with Crippen molar-refractivity contribution in [2.24, 2.45) is 7.05 Å². The Balaban J connectivity index is 2.50. The van der Waals surface area contributed by atoms with Gasteiger partial charge < -0.3 is 10.2 Å². The van der Waals surface area contributed by atoms with E-state index in [0.29, 0.717) is 6.54 Å². The van der Waals surface area contributed by atoms with Gasteiger partial charge in [-0.1, -0.05) is 0 Å². The average molecular weight is 210 g/mol. The van der Waals surface area contributed by atoms with Crippen LogP contribution in [0.15, 0.2) is 6.20 Å². The normalized spacial score (nSPS) is 10.1. The molecule has 0 spiro atoms. The number of hydrogen-bond donors (Lipinski definition) is 1. The summed E-state index contributed by atoms with van der Waals surface area (Å²) in [5.74, 6) is 0.0840. The van der Waals surface area contributed by atoms with E-state index in [2.05, 4.69) is 10.4 Å². The molecule has 0 atom stereocenters. The molecule has 0 saturated heterocycles. The lowest BCUT2D eigenvalue weighted by Crippen LogP contribution is -2.31. The summed E-state index contributed by atoms with van der Waals surface area (Å²) < 4.78 is 1.73. The van der Waals surface area contributed by atoms with E-state index in [9.17, 15) is 4.79 Å². The molecule has 1 aromatic heterocycles. The molecule has 1 heterocycles. The second-order valence-corrected chi connectivity index (χ2v) is 3.56. The first-order chi connectivity index (χ1) is 7.04. The Hall–Kier alpha value is -1.52. The van der Waals surface area contributed by atoms with Gasteiger partial charge in [0, 0.05) is 26.8 Å². The molecule has 0 radical (unpaired) electrons. The fourth-order valence-electron chi connectivity index (χ4n) is 1.26. The third-order valence-electron chi connectivity index (χ3n) is 2.34. The van der Waals surface area contributed by atoms with E-state index >= 15 is 0 Å². The van der Waals surface area contributed by atoms with Gasteiger partial charge in [0.05, 0.1) is 17.9 Å². The van der Waals surface area contributed by atoms with Crippen molar-refractivity contribution < 1.29 is 4.79 Å². The van der Waals surface area contributed by atoms with Gasteiger partial charge in [-0.15, -0.1) is 0 Å². The van der Waals surface area contributed by atoms with Crippen LogP contribution < -0.4 is 5.32 Å². The highest BCUT2D eigenvalue weighted by molar-refractivity contribution is 5.80. The van der Waals surface area contributed by atoms with E-state index in [1.165, 1.54) is 0 Å². The van der Waals surface area contributed by atoms with E-state index in [1.54, 1.807) is 16.6 Å². The van der Waals surface area contributed by atoms with Crippen molar-refractivity contribution in [1.82, 2.24) is 14.7 Å². The Labute approximate surface area is 90.1 Å². The number of aryl methyl sites for hydroxylation is 2. The Morgan fingerprint density at radius 3 is 2.80 bits per heavy atom. The molecule has 0 bridgehead atoms. The number of aromatic nitrogens is 2. The highest BCUT2D eigenvalue weighted by Crippen LogP contribution is 2.10. The van der Waals surface area contributed by atoms with Crippen molar-refractivity contribution in [3.05, 3.63) is 11.9 Å². The average Bonchev–Trinajstić information content (AvgIpc) is 2.52. The van der Waals surface area contributed by atoms with Crippen molar-refractivity contribution in [3.63, 3.8) is 0 Å². The predicted octanol–water partition coefficient (Wildman–Crippen LogP) is 0.619. The van der Waals surface area contributed by atoms with Crippen LogP contribution in [0.2, 0.25) is 0 Å². The number of anilines is 1. The summed E-state index contributed by atoms with van der Waals surface area (Å²) >= 11 is 0. The molecule has 0 unspecified atom stereocenters. The molecular formula is C10H18N4O. The molecule has 15 heavy (non-hydrogen) atoms. The first-order valence-electron chi connectivity index (χ1n) is 5.02. The predicted molar refractivity (Wildman–Crippen MR) is 59.7 cm³/mol. The van der Waals surface area contributed by atoms with Crippen LogP contribution in [0, 0.1) is 6.92 Å². The monoisotopic (exact) mass is 210 g/mol. The van der Waals surface area contributed by atoms with Gasteiger partial charge in [-0.3, -0.25) is 9.48 Å². The number of carbonyl (C=O) groups is 1. The largest absolute Gasteiger partial charge is 0.373 e. The number of carbonyl (C=O) groups excluding carboxylic acids is 1. The van der Waals surface area contributed by atoms with Crippen molar-refractivity contribution >= 4 is 11.6 Å². The van der Waals surface area contributed by atoms with E-state index in [-0.39, 0.29) is 5.91 Å². The van der Waals surface area contributed by atoms with E-state index in [4.69, 9.17) is 0 Å². The first kappa shape index (κ1) is 11.6. The maximum atomic E-state index is 11.5. The first-order valence-corrected chi connectivity index (χ1v) is 5.02. The lowest BCUT2D eigenvalue weighted by molar-refractivity contribution is -0.127. The summed E-state index contributed by atoms with van der Waals surface area (Å²) in [5, 5.41) is 7.26. The zero-order chi connectivity index (χ0) is 11.4. The van der Waals surface area contributed by atoms with Gasteiger partial charge in [-0.25, -0.2) is 0 Å². The second kappa shape index (κ2) is 4.82. The van der Waals surface area contributed by atoms with Crippen LogP contribution in [-0.2, 0) is 11.8 Å². The van der Waals surface area contributed by atoms with Crippen molar-refractivity contribution in [2.75, 3.05) is 25.5 Å². The highest BCUT2D eigenvalue weighted by atomic mass is 16.2. The summed E-state index contributed by atoms with van der Waals surface area (Å²) in [7, 11) is 3.65. The molecule has 5 nitrogen and oxygen atoms in total. The van der Waals surface area contributed by atoms with Crippen molar-refractivity contribution in [2.45, 2.75) is 13.8 Å². The molecule has 0 aliphatic rings. The molecule has 1 N–H and O–H groups in total. The minimum absolute atomic E-state index is 0.0840. The van der Waals surface area contributed by atoms with Gasteiger partial charge in [-0.05, 0) is 13.8 Å². The Morgan fingerprint density at radius 1 is 1.67 bits per heavy atom. The number of rotatable bonds is 4. The van der Waals surface area contributed by atoms with Crippen LogP contribution in [0.25, 0.3) is 0 Å². The standard InChI is InChI=1S/C10H18N4O/c1-5-13(3)10(15)6-11-9-7-14(4)12-8(9)2/h7,11H,5-6H2,1-4H3. The summed E-state index contributed by atoms with van der Waals surface area (Å²) in [6, 6.07) is 0. The number of nitrogens with one attached hydrogen (secondary N) is 1. The van der Waals surface area contributed by atoms with Gasteiger partial charge in [0.1, 0.15) is 0 Å². The number of nitrogens with zero attached hydrogens (tertiary/aromatic N) is 3. The van der Waals surface area contributed by atoms with Gasteiger partial charge >= 0.3 is 0 Å². The fourth-order valence-corrected chi connectivity index (χ4v) is 1.26. The quantitative estimate of drug-likeness (QED) is 0.792. The maximum Gasteiger partial charge on any atom is 0.241 e. The SMILES string of the molecule is CCN(C)C(=O)CNc1cn(C)nc1C. The van der Waals surface area contributed by atoms with Gasteiger partial charge in [0.2, 0.25) is 5.91 Å². The third-order valence-corrected chi connectivity index (χ3v) is 2.34. The van der Waals surface area contributed by atoms with Crippen LogP contribution in [-0.4, -0.2) is 40.7 Å². The Bertz CT molecular complexity index is 345. The van der Waals surface area contributed by atoms with E-state index in [1.807, 2.05) is 27.1 Å². The Morgan fingerprint density at radius 2 is 2.33 bits per heavy atom. The number of amides is 1. The molecule has 1 amide bonds. The summed E-state index contributed by atoms with van der Waals surface area (Å²) in [4.78, 5) is 13.2. The molecule has 1 aromatic rings. The zero-order valence-electron chi connectivity index (χ0n) is 9.74. The minimum atomic E-state index is 0.0840. The third kappa shape index (κ3) is 2.97. The van der Waals surface area contributed by atoms with Gasteiger partial charge in [0.15, 0.2) is 0 Å². The van der Waals surface area contributed by atoms with Crippen LogP contribution in [0.4, 0.5) is 5.69 Å². The van der Waals surface area contributed by atoms with Crippen molar-refractivity contribution in [3.8, 4) is 0 Å². The van der Waals surface area contributed by atoms with Crippen LogP contribution in [0.3, 0.4) is 0 Å². The lowest BCUT2D eigenvalue weighted by atomic mass is 10.4. The molecule has 1 rings (SSSR count). The van der Waals surface area contributed by atoms with Gasteiger partial charge in [-0.2, -0.15) is 5.10 Å². The summed E-state index contributed by atoms with van der Waals surface area (Å²) in [6.07, 6.45) is 1.87. The Kier molecular flexibility index (Phi) is 3.71. The molecule has 84 valence electrons. The highest BCUT2D eigenvalue weighted by Gasteiger charge is 2.08. The fraction of sp³-hybridized carbons (Fsp3) is 0.600. The topological polar surface area (TPSA) is 50.2 Å². The molecule has 0 aromatic carbocycles. The van der Waals surface area contributed by atoms with Crippen LogP contribution in [0.1, 0.15) is 12.6 Å². The van der Waals surface area contributed by atoms with Crippen LogP contribution >= 0.6 is 0 Å². The molecule has 0 saturated carbocycles. The van der Waals surface area contributed by atoms with Gasteiger partial charge in [0.25, 0.3) is 0 Å². The second-order valence-electron chi connectivity index (χ2n) is 3.56.